The fraction of sp³-hybridized carbons (Fsp3) is 0.750. The van der Waals surface area contributed by atoms with Crippen LogP contribution in [0.25, 0.3) is 0 Å². The Morgan fingerprint density at radius 3 is 3.00 bits per heavy atom. The maximum atomic E-state index is 4.44. The van der Waals surface area contributed by atoms with Gasteiger partial charge in [-0.2, -0.15) is 0 Å². The second-order valence-corrected chi connectivity index (χ2v) is 6.01. The van der Waals surface area contributed by atoms with Crippen LogP contribution in [-0.4, -0.2) is 35.6 Å². The van der Waals surface area contributed by atoms with Gasteiger partial charge in [0.15, 0.2) is 0 Å². The molecule has 1 saturated heterocycles. The normalized spacial score (nSPS) is 27.2. The number of nitrogens with zero attached hydrogens (tertiary/aromatic N) is 2. The number of thiazole rings is 1. The van der Waals surface area contributed by atoms with Crippen LogP contribution in [0.4, 0.5) is 0 Å². The number of aromatic nitrogens is 1. The molecule has 1 aliphatic heterocycles. The van der Waals surface area contributed by atoms with Crippen LogP contribution in [0.3, 0.4) is 0 Å². The van der Waals surface area contributed by atoms with Gasteiger partial charge >= 0.3 is 0 Å². The van der Waals surface area contributed by atoms with Crippen molar-refractivity contribution in [3.63, 3.8) is 0 Å². The summed E-state index contributed by atoms with van der Waals surface area (Å²) in [5.74, 6) is 0. The molecule has 0 aromatic carbocycles. The minimum Gasteiger partial charge on any atom is -0.317 e. The smallest absolute Gasteiger partial charge is 0.107 e. The average molecular weight is 239 g/mol. The standard InChI is InChI=1S/C12H21N3S/c1-9-6-11(13-3)4-5-15(9)8-12-14-7-10(2)16-12/h7,9,11,13H,4-6,8H2,1-3H3. The van der Waals surface area contributed by atoms with E-state index in [1.54, 1.807) is 0 Å². The molecule has 0 amide bonds. The molecular weight excluding hydrogens is 218 g/mol. The first-order valence-corrected chi connectivity index (χ1v) is 6.83. The van der Waals surface area contributed by atoms with Crippen molar-refractivity contribution in [1.29, 1.82) is 0 Å². The molecule has 1 fully saturated rings. The highest BCUT2D eigenvalue weighted by molar-refractivity contribution is 7.11. The van der Waals surface area contributed by atoms with Crippen molar-refractivity contribution < 1.29 is 0 Å². The van der Waals surface area contributed by atoms with E-state index in [0.29, 0.717) is 12.1 Å². The molecule has 0 saturated carbocycles. The summed E-state index contributed by atoms with van der Waals surface area (Å²) in [6.07, 6.45) is 4.48. The first-order chi connectivity index (χ1) is 7.69. The van der Waals surface area contributed by atoms with E-state index in [2.05, 4.69) is 36.1 Å². The van der Waals surface area contributed by atoms with Crippen molar-refractivity contribution in [3.8, 4) is 0 Å². The lowest BCUT2D eigenvalue weighted by molar-refractivity contribution is 0.131. The van der Waals surface area contributed by atoms with Crippen LogP contribution < -0.4 is 5.32 Å². The molecule has 90 valence electrons. The minimum atomic E-state index is 0.662. The molecule has 2 atom stereocenters. The van der Waals surface area contributed by atoms with Gasteiger partial charge in [-0.15, -0.1) is 11.3 Å². The second kappa shape index (κ2) is 5.25. The van der Waals surface area contributed by atoms with E-state index >= 15 is 0 Å². The molecular formula is C12H21N3S. The van der Waals surface area contributed by atoms with E-state index in [4.69, 9.17) is 0 Å². The number of hydrogen-bond donors (Lipinski definition) is 1. The molecule has 0 aliphatic carbocycles. The highest BCUT2D eigenvalue weighted by Crippen LogP contribution is 2.21. The van der Waals surface area contributed by atoms with Crippen LogP contribution in [0.5, 0.6) is 0 Å². The minimum absolute atomic E-state index is 0.662. The Labute approximate surface area is 102 Å². The fourth-order valence-electron chi connectivity index (χ4n) is 2.37. The number of hydrogen-bond acceptors (Lipinski definition) is 4. The van der Waals surface area contributed by atoms with E-state index in [1.807, 2.05) is 17.5 Å². The third-order valence-corrected chi connectivity index (χ3v) is 4.33. The summed E-state index contributed by atoms with van der Waals surface area (Å²) in [5, 5.41) is 4.64. The lowest BCUT2D eigenvalue weighted by Gasteiger charge is -2.37. The zero-order valence-corrected chi connectivity index (χ0v) is 11.2. The molecule has 2 unspecified atom stereocenters. The molecule has 1 aromatic heterocycles. The summed E-state index contributed by atoms with van der Waals surface area (Å²) in [7, 11) is 2.07. The van der Waals surface area contributed by atoms with E-state index in [0.717, 1.165) is 6.54 Å². The van der Waals surface area contributed by atoms with E-state index in [-0.39, 0.29) is 0 Å². The van der Waals surface area contributed by atoms with Gasteiger partial charge in [0.25, 0.3) is 0 Å². The highest BCUT2D eigenvalue weighted by Gasteiger charge is 2.24. The maximum Gasteiger partial charge on any atom is 0.107 e. The third kappa shape index (κ3) is 2.81. The molecule has 1 N–H and O–H groups in total. The van der Waals surface area contributed by atoms with Crippen molar-refractivity contribution in [1.82, 2.24) is 15.2 Å². The first-order valence-electron chi connectivity index (χ1n) is 6.01. The molecule has 16 heavy (non-hydrogen) atoms. The van der Waals surface area contributed by atoms with E-state index in [1.165, 1.54) is 29.3 Å². The summed E-state index contributed by atoms with van der Waals surface area (Å²) >= 11 is 1.82. The van der Waals surface area contributed by atoms with Crippen LogP contribution in [-0.2, 0) is 6.54 Å². The fourth-order valence-corrected chi connectivity index (χ4v) is 3.18. The van der Waals surface area contributed by atoms with Gasteiger partial charge < -0.3 is 5.32 Å². The Hall–Kier alpha value is -0.450. The SMILES string of the molecule is CNC1CCN(Cc2ncc(C)s2)C(C)C1. The van der Waals surface area contributed by atoms with Crippen LogP contribution in [0.2, 0.25) is 0 Å². The van der Waals surface area contributed by atoms with Gasteiger partial charge in [0, 0.05) is 29.7 Å². The van der Waals surface area contributed by atoms with E-state index in [9.17, 15) is 0 Å². The third-order valence-electron chi connectivity index (χ3n) is 3.43. The zero-order chi connectivity index (χ0) is 11.5. The molecule has 0 spiro atoms. The highest BCUT2D eigenvalue weighted by atomic mass is 32.1. The largest absolute Gasteiger partial charge is 0.317 e. The Kier molecular flexibility index (Phi) is 3.95. The number of rotatable bonds is 3. The summed E-state index contributed by atoms with van der Waals surface area (Å²) in [5.41, 5.74) is 0. The van der Waals surface area contributed by atoms with Crippen LogP contribution in [0, 0.1) is 6.92 Å². The Bertz CT molecular complexity index is 337. The summed E-state index contributed by atoms with van der Waals surface area (Å²) in [6, 6.07) is 1.36. The predicted octanol–water partition coefficient (Wildman–Crippen LogP) is 2.02. The Balaban J connectivity index is 1.91. The molecule has 2 rings (SSSR count). The molecule has 3 nitrogen and oxygen atoms in total. The lowest BCUT2D eigenvalue weighted by atomic mass is 9.98. The summed E-state index contributed by atoms with van der Waals surface area (Å²) in [6.45, 7) is 6.66. The van der Waals surface area contributed by atoms with Crippen LogP contribution in [0.1, 0.15) is 29.7 Å². The predicted molar refractivity (Wildman–Crippen MR) is 68.8 cm³/mol. The summed E-state index contributed by atoms with van der Waals surface area (Å²) in [4.78, 5) is 8.31. The van der Waals surface area contributed by atoms with Crippen LogP contribution >= 0.6 is 11.3 Å². The number of aryl methyl sites for hydroxylation is 1. The van der Waals surface area contributed by atoms with Crippen molar-refractivity contribution in [2.24, 2.45) is 0 Å². The number of piperidine rings is 1. The molecule has 1 aliphatic rings. The second-order valence-electron chi connectivity index (χ2n) is 4.69. The van der Waals surface area contributed by atoms with Gasteiger partial charge in [0.05, 0.1) is 6.54 Å². The molecule has 0 radical (unpaired) electrons. The van der Waals surface area contributed by atoms with Gasteiger partial charge in [0.2, 0.25) is 0 Å². The number of nitrogens with one attached hydrogen (secondary N) is 1. The topological polar surface area (TPSA) is 28.2 Å². The van der Waals surface area contributed by atoms with Crippen LogP contribution in [0.15, 0.2) is 6.20 Å². The average Bonchev–Trinajstić information content (AvgIpc) is 2.67. The van der Waals surface area contributed by atoms with E-state index < -0.39 is 0 Å². The Morgan fingerprint density at radius 1 is 1.62 bits per heavy atom. The van der Waals surface area contributed by atoms with Crippen molar-refractivity contribution in [2.75, 3.05) is 13.6 Å². The first kappa shape index (κ1) is 12.0. The van der Waals surface area contributed by atoms with Crippen molar-refractivity contribution in [3.05, 3.63) is 16.1 Å². The quantitative estimate of drug-likeness (QED) is 0.875. The molecule has 0 bridgehead atoms. The number of likely N-dealkylation sites (tertiary alicyclic amines) is 1. The summed E-state index contributed by atoms with van der Waals surface area (Å²) < 4.78 is 0. The maximum absolute atomic E-state index is 4.44. The molecule has 1 aromatic rings. The van der Waals surface area contributed by atoms with Crippen molar-refractivity contribution >= 4 is 11.3 Å². The molecule has 4 heteroatoms. The Morgan fingerprint density at radius 2 is 2.44 bits per heavy atom. The van der Waals surface area contributed by atoms with Gasteiger partial charge in [0.1, 0.15) is 5.01 Å². The van der Waals surface area contributed by atoms with Gasteiger partial charge in [-0.25, -0.2) is 4.98 Å². The van der Waals surface area contributed by atoms with Gasteiger partial charge in [-0.3, -0.25) is 4.90 Å². The van der Waals surface area contributed by atoms with Gasteiger partial charge in [-0.05, 0) is 33.7 Å². The lowest BCUT2D eigenvalue weighted by Crippen LogP contribution is -2.46. The molecule has 2 heterocycles. The monoisotopic (exact) mass is 239 g/mol. The van der Waals surface area contributed by atoms with Crippen molar-refractivity contribution in [2.45, 2.75) is 45.3 Å². The zero-order valence-electron chi connectivity index (χ0n) is 10.4. The van der Waals surface area contributed by atoms with Gasteiger partial charge in [-0.1, -0.05) is 0 Å².